The average Bonchev–Trinajstić information content (AvgIpc) is 2.61. The number of thiocarbonyl (C=S) groups is 1. The molecule has 1 aliphatic heterocycles. The van der Waals surface area contributed by atoms with Crippen LogP contribution in [0.15, 0.2) is 46.9 Å². The zero-order valence-corrected chi connectivity index (χ0v) is 17.8. The topological polar surface area (TPSA) is 102 Å². The minimum atomic E-state index is -4.17. The number of carbonyl (C=O) groups is 2. The van der Waals surface area contributed by atoms with Crippen molar-refractivity contribution in [1.82, 2.24) is 10.6 Å². The predicted molar refractivity (Wildman–Crippen MR) is 112 cm³/mol. The average molecular weight is 471 g/mol. The summed E-state index contributed by atoms with van der Waals surface area (Å²) in [5.74, 6) is -1.64. The van der Waals surface area contributed by atoms with Crippen LogP contribution in [0, 0.1) is 6.92 Å². The van der Waals surface area contributed by atoms with E-state index in [4.69, 9.17) is 39.6 Å². The molecule has 2 amide bonds. The molecule has 2 aromatic carbocycles. The number of amides is 2. The second kappa shape index (κ2) is 8.11. The quantitative estimate of drug-likeness (QED) is 0.308. The van der Waals surface area contributed by atoms with Gasteiger partial charge in [-0.2, -0.15) is 8.42 Å². The summed E-state index contributed by atoms with van der Waals surface area (Å²) in [6, 6.07) is 8.68. The summed E-state index contributed by atoms with van der Waals surface area (Å²) < 4.78 is 30.0. The van der Waals surface area contributed by atoms with Gasteiger partial charge in [0.2, 0.25) is 0 Å². The zero-order chi connectivity index (χ0) is 21.3. The standard InChI is InChI=1S/C18H12Cl2N2O5S2/c1-9-2-4-11(5-3-9)29(25,26)27-15-13(19)7-10(8-14(15)20)6-12-16(23)21-18(28)22-17(12)24/h2-8H,1H3,(H2,21,22,23,24,28). The van der Waals surface area contributed by atoms with E-state index in [9.17, 15) is 18.0 Å². The fourth-order valence-electron chi connectivity index (χ4n) is 2.38. The molecule has 11 heteroatoms. The molecule has 7 nitrogen and oxygen atoms in total. The molecule has 0 radical (unpaired) electrons. The Bertz CT molecular complexity index is 1130. The van der Waals surface area contributed by atoms with Crippen molar-refractivity contribution < 1.29 is 22.2 Å². The molecule has 2 N–H and O–H groups in total. The van der Waals surface area contributed by atoms with E-state index in [2.05, 4.69) is 10.6 Å². The lowest BCUT2D eigenvalue weighted by atomic mass is 10.1. The molecule has 0 unspecified atom stereocenters. The predicted octanol–water partition coefficient (Wildman–Crippen LogP) is 2.98. The van der Waals surface area contributed by atoms with Crippen LogP contribution in [-0.4, -0.2) is 25.3 Å². The first kappa shape index (κ1) is 21.3. The third kappa shape index (κ3) is 4.76. The molecule has 1 heterocycles. The Kier molecular flexibility index (Phi) is 5.95. The summed E-state index contributed by atoms with van der Waals surface area (Å²) in [5, 5.41) is 4.26. The highest BCUT2D eigenvalue weighted by atomic mass is 35.5. The summed E-state index contributed by atoms with van der Waals surface area (Å²) in [7, 11) is -4.17. The Balaban J connectivity index is 1.93. The van der Waals surface area contributed by atoms with Crippen molar-refractivity contribution in [3.05, 3.63) is 63.1 Å². The van der Waals surface area contributed by atoms with Gasteiger partial charge in [-0.25, -0.2) is 0 Å². The van der Waals surface area contributed by atoms with Gasteiger partial charge in [0.05, 0.1) is 10.0 Å². The lowest BCUT2D eigenvalue weighted by Crippen LogP contribution is -2.51. The second-order valence-electron chi connectivity index (χ2n) is 5.96. The number of benzene rings is 2. The number of hydrogen-bond donors (Lipinski definition) is 2. The van der Waals surface area contributed by atoms with E-state index < -0.39 is 21.9 Å². The smallest absolute Gasteiger partial charge is 0.339 e. The van der Waals surface area contributed by atoms with Crippen molar-refractivity contribution in [1.29, 1.82) is 0 Å². The van der Waals surface area contributed by atoms with Gasteiger partial charge < -0.3 is 4.18 Å². The molecule has 150 valence electrons. The van der Waals surface area contributed by atoms with Crippen LogP contribution in [0.3, 0.4) is 0 Å². The van der Waals surface area contributed by atoms with Gasteiger partial charge in [0.25, 0.3) is 11.8 Å². The number of carbonyl (C=O) groups excluding carboxylic acids is 2. The third-order valence-corrected chi connectivity index (χ3v) is 5.78. The van der Waals surface area contributed by atoms with E-state index >= 15 is 0 Å². The molecule has 1 aliphatic rings. The fourth-order valence-corrected chi connectivity index (χ4v) is 4.20. The van der Waals surface area contributed by atoms with Gasteiger partial charge in [-0.3, -0.25) is 20.2 Å². The summed E-state index contributed by atoms with van der Waals surface area (Å²) in [6.45, 7) is 1.82. The second-order valence-corrected chi connectivity index (χ2v) is 8.73. The summed E-state index contributed by atoms with van der Waals surface area (Å²) in [5.41, 5.74) is 0.953. The maximum absolute atomic E-state index is 12.5. The summed E-state index contributed by atoms with van der Waals surface area (Å²) in [4.78, 5) is 23.8. The molecule has 0 atom stereocenters. The Morgan fingerprint density at radius 2 is 1.52 bits per heavy atom. The summed E-state index contributed by atoms with van der Waals surface area (Å²) >= 11 is 17.0. The summed E-state index contributed by atoms with van der Waals surface area (Å²) in [6.07, 6.45) is 1.24. The van der Waals surface area contributed by atoms with Crippen molar-refractivity contribution in [2.24, 2.45) is 0 Å². The van der Waals surface area contributed by atoms with Gasteiger partial charge >= 0.3 is 10.1 Å². The first-order chi connectivity index (χ1) is 13.6. The largest absolute Gasteiger partial charge is 0.376 e. The Hall–Kier alpha value is -2.46. The molecule has 3 rings (SSSR count). The van der Waals surface area contributed by atoms with E-state index in [-0.39, 0.29) is 36.9 Å². The first-order valence-corrected chi connectivity index (χ1v) is 10.5. The fraction of sp³-hybridized carbons (Fsp3) is 0.0556. The van der Waals surface area contributed by atoms with Crippen LogP contribution >= 0.6 is 35.4 Å². The van der Waals surface area contributed by atoms with Gasteiger partial charge in [0, 0.05) is 0 Å². The van der Waals surface area contributed by atoms with Crippen LogP contribution in [0.2, 0.25) is 10.0 Å². The maximum Gasteiger partial charge on any atom is 0.339 e. The van der Waals surface area contributed by atoms with E-state index in [1.807, 2.05) is 6.92 Å². The number of nitrogens with one attached hydrogen (secondary N) is 2. The minimum absolute atomic E-state index is 0.0621. The minimum Gasteiger partial charge on any atom is -0.376 e. The molecule has 0 spiro atoms. The zero-order valence-electron chi connectivity index (χ0n) is 14.7. The van der Waals surface area contributed by atoms with E-state index in [0.29, 0.717) is 0 Å². The normalized spacial score (nSPS) is 14.3. The van der Waals surface area contributed by atoms with E-state index in [0.717, 1.165) is 5.56 Å². The highest BCUT2D eigenvalue weighted by Gasteiger charge is 2.26. The van der Waals surface area contributed by atoms with Gasteiger partial charge in [0.1, 0.15) is 10.5 Å². The molecule has 2 aromatic rings. The number of hydrogen-bond acceptors (Lipinski definition) is 6. The molecule has 1 saturated heterocycles. The lowest BCUT2D eigenvalue weighted by molar-refractivity contribution is -0.123. The number of rotatable bonds is 4. The number of halogens is 2. The number of aryl methyl sites for hydroxylation is 1. The molecule has 29 heavy (non-hydrogen) atoms. The van der Waals surface area contributed by atoms with Crippen LogP contribution < -0.4 is 14.8 Å². The van der Waals surface area contributed by atoms with Crippen LogP contribution in [0.5, 0.6) is 5.75 Å². The van der Waals surface area contributed by atoms with Crippen LogP contribution in [-0.2, 0) is 19.7 Å². The maximum atomic E-state index is 12.5. The Morgan fingerprint density at radius 3 is 2.03 bits per heavy atom. The Labute approximate surface area is 181 Å². The SMILES string of the molecule is Cc1ccc(S(=O)(=O)Oc2c(Cl)cc(C=C3C(=O)NC(=S)NC3=O)cc2Cl)cc1. The van der Waals surface area contributed by atoms with E-state index in [1.165, 1.54) is 30.3 Å². The van der Waals surface area contributed by atoms with Crippen LogP contribution in [0.4, 0.5) is 0 Å². The highest BCUT2D eigenvalue weighted by Crippen LogP contribution is 2.36. The van der Waals surface area contributed by atoms with Gasteiger partial charge in [0.15, 0.2) is 10.9 Å². The molecule has 0 aromatic heterocycles. The third-order valence-electron chi connectivity index (χ3n) is 3.78. The first-order valence-electron chi connectivity index (χ1n) is 7.95. The van der Waals surface area contributed by atoms with E-state index in [1.54, 1.807) is 12.1 Å². The highest BCUT2D eigenvalue weighted by molar-refractivity contribution is 7.87. The molecule has 1 fully saturated rings. The molecular weight excluding hydrogens is 459 g/mol. The molecule has 0 bridgehead atoms. The van der Waals surface area contributed by atoms with Crippen LogP contribution in [0.1, 0.15) is 11.1 Å². The van der Waals surface area contributed by atoms with Crippen molar-refractivity contribution in [2.75, 3.05) is 0 Å². The van der Waals surface area contributed by atoms with Crippen molar-refractivity contribution in [3.63, 3.8) is 0 Å². The van der Waals surface area contributed by atoms with Gasteiger partial charge in [-0.15, -0.1) is 0 Å². The van der Waals surface area contributed by atoms with Gasteiger partial charge in [-0.1, -0.05) is 40.9 Å². The monoisotopic (exact) mass is 470 g/mol. The van der Waals surface area contributed by atoms with Crippen molar-refractivity contribution in [2.45, 2.75) is 11.8 Å². The molecule has 0 saturated carbocycles. The van der Waals surface area contributed by atoms with Crippen LogP contribution in [0.25, 0.3) is 6.08 Å². The molecular formula is C18H12Cl2N2O5S2. The van der Waals surface area contributed by atoms with Gasteiger partial charge in [-0.05, 0) is 55.0 Å². The lowest BCUT2D eigenvalue weighted by Gasteiger charge is -2.16. The van der Waals surface area contributed by atoms with Crippen molar-refractivity contribution >= 4 is 68.5 Å². The van der Waals surface area contributed by atoms with Crippen molar-refractivity contribution in [3.8, 4) is 5.75 Å². The molecule has 0 aliphatic carbocycles. The Morgan fingerprint density at radius 1 is 1.00 bits per heavy atom.